The van der Waals surface area contributed by atoms with Crippen molar-refractivity contribution in [2.75, 3.05) is 21.3 Å². The van der Waals surface area contributed by atoms with Crippen LogP contribution in [-0.4, -0.2) is 26.3 Å². The molecule has 0 N–H and O–H groups in total. The van der Waals surface area contributed by atoms with Gasteiger partial charge in [0.1, 0.15) is 16.8 Å². The number of methoxy groups -OCH3 is 3. The van der Waals surface area contributed by atoms with Gasteiger partial charge in [0.25, 0.3) is 0 Å². The maximum Gasteiger partial charge on any atom is 0.161 e. The summed E-state index contributed by atoms with van der Waals surface area (Å²) in [5.41, 5.74) is 3.11. The smallest absolute Gasteiger partial charge is 0.161 e. The summed E-state index contributed by atoms with van der Waals surface area (Å²) in [6.45, 7) is 0. The normalized spacial score (nSPS) is 11.0. The van der Waals surface area contributed by atoms with E-state index in [2.05, 4.69) is 11.1 Å². The van der Waals surface area contributed by atoms with Crippen molar-refractivity contribution in [2.45, 2.75) is 0 Å². The predicted molar refractivity (Wildman–Crippen MR) is 107 cm³/mol. The molecule has 5 nitrogen and oxygen atoms in total. The molecule has 0 saturated heterocycles. The number of thiazole rings is 1. The summed E-state index contributed by atoms with van der Waals surface area (Å²) in [4.78, 5) is 4.62. The molecule has 3 rings (SSSR count). The van der Waals surface area contributed by atoms with Gasteiger partial charge in [-0.1, -0.05) is 12.1 Å². The summed E-state index contributed by atoms with van der Waals surface area (Å²) < 4.78 is 15.8. The lowest BCUT2D eigenvalue weighted by Gasteiger charge is -2.08. The maximum absolute atomic E-state index is 9.56. The lowest BCUT2D eigenvalue weighted by Crippen LogP contribution is -1.91. The topological polar surface area (TPSA) is 64.4 Å². The van der Waals surface area contributed by atoms with Gasteiger partial charge in [-0.2, -0.15) is 5.26 Å². The lowest BCUT2D eigenvalue weighted by molar-refractivity contribution is 0.355. The molecule has 0 spiro atoms. The molecule has 3 aromatic rings. The Kier molecular flexibility index (Phi) is 5.74. The molecule has 0 atom stereocenters. The Labute approximate surface area is 162 Å². The van der Waals surface area contributed by atoms with Crippen molar-refractivity contribution in [3.63, 3.8) is 0 Å². The quantitative estimate of drug-likeness (QED) is 0.571. The van der Waals surface area contributed by atoms with Crippen LogP contribution in [0, 0.1) is 11.3 Å². The molecule has 1 heterocycles. The van der Waals surface area contributed by atoms with E-state index in [4.69, 9.17) is 14.2 Å². The highest BCUT2D eigenvalue weighted by Gasteiger charge is 2.12. The average molecular weight is 378 g/mol. The first-order valence-corrected chi connectivity index (χ1v) is 9.00. The van der Waals surface area contributed by atoms with Crippen LogP contribution in [0.25, 0.3) is 22.9 Å². The molecule has 136 valence electrons. The Bertz CT molecular complexity index is 1000. The third-order valence-electron chi connectivity index (χ3n) is 3.96. The molecule has 1 aromatic heterocycles. The summed E-state index contributed by atoms with van der Waals surface area (Å²) in [6.07, 6.45) is 1.82. The first-order chi connectivity index (χ1) is 13.2. The standard InChI is InChI=1S/C21H18N2O3S/c1-24-17-7-4-14(5-8-17)10-16(12-22)21-23-18(13-27-21)15-6-9-19(25-2)20(11-15)26-3/h4-11,13H,1-3H3. The number of aromatic nitrogens is 1. The summed E-state index contributed by atoms with van der Waals surface area (Å²) in [7, 11) is 4.82. The Morgan fingerprint density at radius 1 is 1.00 bits per heavy atom. The summed E-state index contributed by atoms with van der Waals surface area (Å²) in [5, 5.41) is 12.2. The first kappa shape index (κ1) is 18.5. The largest absolute Gasteiger partial charge is 0.497 e. The number of ether oxygens (including phenoxy) is 3. The molecule has 0 fully saturated rings. The highest BCUT2D eigenvalue weighted by atomic mass is 32.1. The van der Waals surface area contributed by atoms with E-state index in [1.54, 1.807) is 21.3 Å². The zero-order valence-electron chi connectivity index (χ0n) is 15.2. The highest BCUT2D eigenvalue weighted by molar-refractivity contribution is 7.11. The number of allylic oxidation sites excluding steroid dienone is 1. The highest BCUT2D eigenvalue weighted by Crippen LogP contribution is 2.34. The van der Waals surface area contributed by atoms with Gasteiger partial charge in [0.05, 0.1) is 32.6 Å². The Hall–Kier alpha value is -3.30. The van der Waals surface area contributed by atoms with Crippen LogP contribution in [0.15, 0.2) is 47.8 Å². The van der Waals surface area contributed by atoms with E-state index in [1.807, 2.05) is 53.9 Å². The van der Waals surface area contributed by atoms with Crippen LogP contribution >= 0.6 is 11.3 Å². The van der Waals surface area contributed by atoms with E-state index in [1.165, 1.54) is 11.3 Å². The molecular weight excluding hydrogens is 360 g/mol. The third kappa shape index (κ3) is 4.10. The lowest BCUT2D eigenvalue weighted by atomic mass is 10.1. The molecule has 0 aliphatic heterocycles. The summed E-state index contributed by atoms with van der Waals surface area (Å²) >= 11 is 1.43. The van der Waals surface area contributed by atoms with Crippen molar-refractivity contribution in [1.82, 2.24) is 4.98 Å². The Morgan fingerprint density at radius 3 is 2.37 bits per heavy atom. The van der Waals surface area contributed by atoms with Crippen LogP contribution in [0.1, 0.15) is 10.6 Å². The molecule has 0 radical (unpaired) electrons. The zero-order chi connectivity index (χ0) is 19.2. The van der Waals surface area contributed by atoms with Crippen molar-refractivity contribution in [3.05, 3.63) is 58.4 Å². The number of benzene rings is 2. The molecular formula is C21H18N2O3S. The van der Waals surface area contributed by atoms with Gasteiger partial charge >= 0.3 is 0 Å². The summed E-state index contributed by atoms with van der Waals surface area (Å²) in [5.74, 6) is 2.07. The molecule has 0 bridgehead atoms. The van der Waals surface area contributed by atoms with Crippen molar-refractivity contribution in [2.24, 2.45) is 0 Å². The maximum atomic E-state index is 9.56. The summed E-state index contributed by atoms with van der Waals surface area (Å²) in [6, 6.07) is 15.4. The van der Waals surface area contributed by atoms with Crippen molar-refractivity contribution in [3.8, 4) is 34.6 Å². The molecule has 27 heavy (non-hydrogen) atoms. The minimum atomic E-state index is 0.511. The van der Waals surface area contributed by atoms with Gasteiger partial charge in [-0.25, -0.2) is 4.98 Å². The van der Waals surface area contributed by atoms with Crippen LogP contribution in [0.5, 0.6) is 17.2 Å². The van der Waals surface area contributed by atoms with E-state index >= 15 is 0 Å². The van der Waals surface area contributed by atoms with Crippen LogP contribution in [0.2, 0.25) is 0 Å². The Morgan fingerprint density at radius 2 is 1.74 bits per heavy atom. The molecule has 0 aliphatic carbocycles. The fraction of sp³-hybridized carbons (Fsp3) is 0.143. The van der Waals surface area contributed by atoms with Crippen molar-refractivity contribution in [1.29, 1.82) is 5.26 Å². The second-order valence-electron chi connectivity index (χ2n) is 5.55. The van der Waals surface area contributed by atoms with Gasteiger partial charge in [-0.05, 0) is 42.0 Å². The van der Waals surface area contributed by atoms with Crippen LogP contribution in [-0.2, 0) is 0 Å². The SMILES string of the molecule is COc1ccc(C=C(C#N)c2nc(-c3ccc(OC)c(OC)c3)cs2)cc1. The number of hydrogen-bond acceptors (Lipinski definition) is 6. The molecule has 0 saturated carbocycles. The second kappa shape index (κ2) is 8.39. The van der Waals surface area contributed by atoms with Gasteiger partial charge in [0.15, 0.2) is 11.5 Å². The van der Waals surface area contributed by atoms with E-state index in [9.17, 15) is 5.26 Å². The number of rotatable bonds is 6. The average Bonchev–Trinajstić information content (AvgIpc) is 3.21. The van der Waals surface area contributed by atoms with Crippen molar-refractivity contribution >= 4 is 23.0 Å². The fourth-order valence-corrected chi connectivity index (χ4v) is 3.33. The van der Waals surface area contributed by atoms with Gasteiger partial charge < -0.3 is 14.2 Å². The fourth-order valence-electron chi connectivity index (χ4n) is 2.53. The number of nitrogens with zero attached hydrogens (tertiary/aromatic N) is 2. The first-order valence-electron chi connectivity index (χ1n) is 8.12. The van der Waals surface area contributed by atoms with E-state index in [0.29, 0.717) is 22.1 Å². The van der Waals surface area contributed by atoms with Gasteiger partial charge in [-0.3, -0.25) is 0 Å². The molecule has 0 aliphatic rings. The van der Waals surface area contributed by atoms with Gasteiger partial charge in [0, 0.05) is 10.9 Å². The minimum absolute atomic E-state index is 0.511. The molecule has 0 amide bonds. The zero-order valence-corrected chi connectivity index (χ0v) is 16.0. The molecule has 6 heteroatoms. The van der Waals surface area contributed by atoms with Gasteiger partial charge in [0.2, 0.25) is 0 Å². The minimum Gasteiger partial charge on any atom is -0.497 e. The van der Waals surface area contributed by atoms with Gasteiger partial charge in [-0.15, -0.1) is 11.3 Å². The van der Waals surface area contributed by atoms with E-state index < -0.39 is 0 Å². The third-order valence-corrected chi connectivity index (χ3v) is 4.84. The molecule has 0 unspecified atom stereocenters. The van der Waals surface area contributed by atoms with Crippen LogP contribution in [0.3, 0.4) is 0 Å². The second-order valence-corrected chi connectivity index (χ2v) is 6.41. The van der Waals surface area contributed by atoms with E-state index in [-0.39, 0.29) is 0 Å². The monoisotopic (exact) mass is 378 g/mol. The number of nitriles is 1. The van der Waals surface area contributed by atoms with Crippen LogP contribution < -0.4 is 14.2 Å². The molecule has 2 aromatic carbocycles. The van der Waals surface area contributed by atoms with E-state index in [0.717, 1.165) is 22.6 Å². The van der Waals surface area contributed by atoms with Crippen LogP contribution in [0.4, 0.5) is 0 Å². The predicted octanol–water partition coefficient (Wildman–Crippen LogP) is 4.90. The van der Waals surface area contributed by atoms with Crippen molar-refractivity contribution < 1.29 is 14.2 Å². The number of hydrogen-bond donors (Lipinski definition) is 0. The Balaban J connectivity index is 1.91.